The molecule has 0 spiro atoms. The molecule has 0 unspecified atom stereocenters. The van der Waals surface area contributed by atoms with Crippen LogP contribution >= 0.6 is 46.4 Å². The summed E-state index contributed by atoms with van der Waals surface area (Å²) in [7, 11) is -10.4. The summed E-state index contributed by atoms with van der Waals surface area (Å²) >= 11 is 24.1. The van der Waals surface area contributed by atoms with E-state index in [9.17, 15) is 52.8 Å². The number of ketones is 2. The molecular formula is C51H46Cl4F6N8O7S2Si. The molecule has 0 saturated carbocycles. The minimum absolute atomic E-state index is 0.0130. The van der Waals surface area contributed by atoms with Gasteiger partial charge in [-0.3, -0.25) is 24.3 Å². The minimum Gasteiger partial charge on any atom is -0.363 e. The van der Waals surface area contributed by atoms with E-state index >= 15 is 0 Å². The number of aromatic nitrogens is 6. The maximum Gasteiger partial charge on any atom is 0.417 e. The second-order valence-corrected chi connectivity index (χ2v) is 29.5. The number of nitrogens with one attached hydrogen (secondary N) is 2. The Kier molecular flexibility index (Phi) is 17.7. The highest BCUT2D eigenvalue weighted by atomic mass is 35.5. The molecule has 0 aliphatic heterocycles. The lowest BCUT2D eigenvalue weighted by Gasteiger charge is -2.44. The zero-order chi connectivity index (χ0) is 58.3. The van der Waals surface area contributed by atoms with Gasteiger partial charge >= 0.3 is 12.4 Å². The monoisotopic (exact) mass is 1230 g/mol. The number of carbonyl (C=O) groups is 2. The molecule has 0 amide bonds. The van der Waals surface area contributed by atoms with Gasteiger partial charge in [-0.1, -0.05) is 87.9 Å². The highest BCUT2D eigenvalue weighted by Crippen LogP contribution is 2.45. The van der Waals surface area contributed by atoms with Crippen LogP contribution in [0.4, 0.5) is 37.7 Å². The predicted molar refractivity (Wildman–Crippen MR) is 293 cm³/mol. The molecule has 79 heavy (non-hydrogen) atoms. The summed E-state index contributed by atoms with van der Waals surface area (Å²) in [4.78, 5) is 46.0. The van der Waals surface area contributed by atoms with Crippen molar-refractivity contribution in [3.63, 3.8) is 0 Å². The first-order valence-electron chi connectivity index (χ1n) is 23.5. The van der Waals surface area contributed by atoms with Gasteiger partial charge in [0.25, 0.3) is 20.0 Å². The van der Waals surface area contributed by atoms with E-state index in [2.05, 4.69) is 75.4 Å². The lowest BCUT2D eigenvalue weighted by atomic mass is 10.0. The fourth-order valence-corrected chi connectivity index (χ4v) is 19.8. The Morgan fingerprint density at radius 1 is 0.684 bits per heavy atom. The van der Waals surface area contributed by atoms with Crippen LogP contribution in [0.15, 0.2) is 120 Å². The van der Waals surface area contributed by atoms with Gasteiger partial charge in [0.1, 0.15) is 29.4 Å². The van der Waals surface area contributed by atoms with E-state index in [-0.39, 0.29) is 43.9 Å². The first-order chi connectivity index (χ1) is 36.9. The van der Waals surface area contributed by atoms with Crippen LogP contribution in [0.3, 0.4) is 0 Å². The Morgan fingerprint density at radius 3 is 1.77 bits per heavy atom. The highest BCUT2D eigenvalue weighted by molar-refractivity contribution is 7.93. The number of nitrogens with zero attached hydrogens (tertiary/aromatic N) is 6. The van der Waals surface area contributed by atoms with Crippen molar-refractivity contribution in [2.24, 2.45) is 0 Å². The standard InChI is InChI=1S/C31H35Cl2F3N4O4SSi.C20H11Cl2F3N4O3S/c1-18(2)46(19(3)4,20(5)6)40-14-12-22-27(25(33)16-38-30(22)40)29(41)28-26(9-8-13-37-28)39(17-44-7)45(42,43)21-10-11-24(32)23(15-21)31(34,35)36;21-13-4-3-10(8-12(13)20(23,24)25)33(31,32)29-15-2-1-6-26-17(15)18(30)16-11-5-7-27-19(11)28-9-14(16)22/h8-16,18-20H,17H2,1-7H3;1-9,29H,(H,27,28). The number of H-pyrrole nitrogens is 1. The largest absolute Gasteiger partial charge is 0.417 e. The molecule has 0 bridgehead atoms. The number of fused-ring (bicyclic) bond motifs is 2. The van der Waals surface area contributed by atoms with Gasteiger partial charge in [-0.05, 0) is 95.6 Å². The van der Waals surface area contributed by atoms with Gasteiger partial charge in [0.05, 0.1) is 63.5 Å². The topological polar surface area (TPSA) is 199 Å². The van der Waals surface area contributed by atoms with Gasteiger partial charge in [0, 0.05) is 48.9 Å². The van der Waals surface area contributed by atoms with Crippen LogP contribution in [0.25, 0.3) is 22.1 Å². The fourth-order valence-electron chi connectivity index (χ4n) is 9.82. The Balaban J connectivity index is 0.000000241. The van der Waals surface area contributed by atoms with Gasteiger partial charge in [-0.25, -0.2) is 31.1 Å². The van der Waals surface area contributed by atoms with Gasteiger partial charge in [-0.2, -0.15) is 26.3 Å². The molecule has 418 valence electrons. The Labute approximate surface area is 470 Å². The van der Waals surface area contributed by atoms with Gasteiger partial charge in [0.2, 0.25) is 11.6 Å². The number of methoxy groups -OCH3 is 1. The third kappa shape index (κ3) is 11.7. The normalized spacial score (nSPS) is 12.6. The average Bonchev–Trinajstić information content (AvgIpc) is 4.25. The summed E-state index contributed by atoms with van der Waals surface area (Å²) in [6.07, 6.45) is -1.06. The number of alkyl halides is 6. The van der Waals surface area contributed by atoms with Crippen LogP contribution in [0.1, 0.15) is 84.8 Å². The molecule has 0 radical (unpaired) electrons. The van der Waals surface area contributed by atoms with E-state index in [0.717, 1.165) is 24.3 Å². The van der Waals surface area contributed by atoms with Crippen molar-refractivity contribution >= 4 is 120 Å². The first-order valence-corrected chi connectivity index (χ1v) is 30.1. The maximum atomic E-state index is 14.4. The quantitative estimate of drug-likeness (QED) is 0.0404. The number of hydrogen-bond acceptors (Lipinski definition) is 11. The maximum absolute atomic E-state index is 14.4. The molecular weight excluding hydrogens is 1180 g/mol. The van der Waals surface area contributed by atoms with E-state index in [1.807, 2.05) is 6.20 Å². The summed E-state index contributed by atoms with van der Waals surface area (Å²) in [5, 5.41) is -0.405. The van der Waals surface area contributed by atoms with Crippen LogP contribution in [0.2, 0.25) is 36.7 Å². The second kappa shape index (κ2) is 23.2. The number of aromatic amines is 1. The number of rotatable bonds is 16. The molecule has 8 aromatic rings. The number of sulfonamides is 2. The second-order valence-electron chi connectivity index (χ2n) is 18.6. The summed E-state index contributed by atoms with van der Waals surface area (Å²) in [5.41, 5.74) is -1.67. The molecule has 2 N–H and O–H groups in total. The highest BCUT2D eigenvalue weighted by Gasteiger charge is 2.46. The number of halogens is 10. The van der Waals surface area contributed by atoms with E-state index in [1.54, 1.807) is 18.3 Å². The Morgan fingerprint density at radius 2 is 1.20 bits per heavy atom. The van der Waals surface area contributed by atoms with Crippen molar-refractivity contribution in [1.82, 2.24) is 29.2 Å². The zero-order valence-electron chi connectivity index (χ0n) is 42.5. The van der Waals surface area contributed by atoms with Gasteiger partial charge in [-0.15, -0.1) is 0 Å². The Bertz CT molecular complexity index is 3860. The third-order valence-electron chi connectivity index (χ3n) is 13.0. The van der Waals surface area contributed by atoms with E-state index in [4.69, 9.17) is 51.1 Å². The molecule has 6 aromatic heterocycles. The number of hydrogen-bond donors (Lipinski definition) is 2. The molecule has 2 aromatic carbocycles. The van der Waals surface area contributed by atoms with Crippen molar-refractivity contribution in [2.45, 2.75) is 80.3 Å². The number of carbonyl (C=O) groups excluding carboxylic acids is 2. The van der Waals surface area contributed by atoms with E-state index in [0.29, 0.717) is 55.1 Å². The third-order valence-corrected chi connectivity index (χ3v) is 24.1. The molecule has 0 fully saturated rings. The van der Waals surface area contributed by atoms with Crippen LogP contribution in [0.5, 0.6) is 0 Å². The molecule has 28 heteroatoms. The van der Waals surface area contributed by atoms with Crippen LogP contribution in [-0.2, 0) is 37.1 Å². The van der Waals surface area contributed by atoms with Crippen LogP contribution in [0, 0.1) is 0 Å². The van der Waals surface area contributed by atoms with Crippen LogP contribution in [-0.4, -0.2) is 79.6 Å². The zero-order valence-corrected chi connectivity index (χ0v) is 48.1. The lowest BCUT2D eigenvalue weighted by Crippen LogP contribution is -2.51. The molecule has 0 atom stereocenters. The van der Waals surface area contributed by atoms with Crippen molar-refractivity contribution in [3.8, 4) is 0 Å². The lowest BCUT2D eigenvalue weighted by molar-refractivity contribution is -0.138. The number of ether oxygens (including phenoxy) is 1. The average molecular weight is 1230 g/mol. The first kappa shape index (κ1) is 60.5. The van der Waals surface area contributed by atoms with Gasteiger partial charge < -0.3 is 14.0 Å². The summed E-state index contributed by atoms with van der Waals surface area (Å²) in [6.45, 7) is 12.5. The molecule has 15 nitrogen and oxygen atoms in total. The predicted octanol–water partition coefficient (Wildman–Crippen LogP) is 14.1. The minimum atomic E-state index is -4.91. The molecule has 6 heterocycles. The Hall–Kier alpha value is -6.12. The summed E-state index contributed by atoms with van der Waals surface area (Å²) in [6, 6.07) is 13.1. The summed E-state index contributed by atoms with van der Waals surface area (Å²) < 4.78 is 144. The molecule has 0 aliphatic carbocycles. The molecule has 0 aliphatic rings. The van der Waals surface area contributed by atoms with E-state index in [1.165, 1.54) is 56.2 Å². The number of anilines is 2. The smallest absolute Gasteiger partial charge is 0.363 e. The van der Waals surface area contributed by atoms with Gasteiger partial charge in [0.15, 0.2) is 8.24 Å². The fraction of sp³-hybridized carbons (Fsp3) is 0.255. The van der Waals surface area contributed by atoms with Crippen molar-refractivity contribution in [3.05, 3.63) is 164 Å². The number of pyridine rings is 4. The van der Waals surface area contributed by atoms with Crippen molar-refractivity contribution < 1.29 is 57.5 Å². The SMILES string of the molecule is COCN(c1cccnc1C(=O)c1c(Cl)cnc2c1ccn2[Si](C(C)C)(C(C)C)C(C)C)S(=O)(=O)c1ccc(Cl)c(C(F)(F)F)c1.O=C(c1ncccc1NS(=O)(=O)c1ccc(Cl)c(C(F)(F)F)c1)c1c(Cl)cnc2[nH]ccc12. The molecule has 0 saturated heterocycles. The van der Waals surface area contributed by atoms with Crippen molar-refractivity contribution in [2.75, 3.05) is 22.9 Å². The van der Waals surface area contributed by atoms with Crippen LogP contribution < -0.4 is 9.03 Å². The van der Waals surface area contributed by atoms with Crippen molar-refractivity contribution in [1.29, 1.82) is 0 Å². The van der Waals surface area contributed by atoms with E-state index < -0.39 is 89.9 Å². The molecule has 8 rings (SSSR count). The number of benzene rings is 2. The summed E-state index contributed by atoms with van der Waals surface area (Å²) in [5.74, 6) is -1.41.